The second kappa shape index (κ2) is 6.19. The summed E-state index contributed by atoms with van der Waals surface area (Å²) in [7, 11) is -0.788. The van der Waals surface area contributed by atoms with Crippen molar-refractivity contribution in [3.05, 3.63) is 0 Å². The highest BCUT2D eigenvalue weighted by molar-refractivity contribution is 7.91. The predicted molar refractivity (Wildman–Crippen MR) is 72.9 cm³/mol. The fraction of sp³-hybridized carbons (Fsp3) is 1.00. The van der Waals surface area contributed by atoms with Gasteiger partial charge in [-0.3, -0.25) is 0 Å². The highest BCUT2D eigenvalue weighted by atomic mass is 32.2. The van der Waals surface area contributed by atoms with Gasteiger partial charge in [0.15, 0.2) is 9.84 Å². The first-order valence-corrected chi connectivity index (χ1v) is 8.67. The van der Waals surface area contributed by atoms with Gasteiger partial charge in [-0.15, -0.1) is 0 Å². The van der Waals surface area contributed by atoms with Gasteiger partial charge in [-0.05, 0) is 37.6 Å². The summed E-state index contributed by atoms with van der Waals surface area (Å²) in [5.41, 5.74) is 0.189. The Morgan fingerprint density at radius 3 is 2.47 bits per heavy atom. The van der Waals surface area contributed by atoms with E-state index in [0.29, 0.717) is 17.4 Å². The summed E-state index contributed by atoms with van der Waals surface area (Å²) >= 11 is 0. The molecule has 0 aromatic rings. The van der Waals surface area contributed by atoms with Crippen LogP contribution >= 0.6 is 0 Å². The number of nitrogens with one attached hydrogen (secondary N) is 1. The second-order valence-corrected chi connectivity index (χ2v) is 7.68. The fourth-order valence-electron chi connectivity index (χ4n) is 3.19. The first kappa shape index (κ1) is 15.0. The largest absolute Gasteiger partial charge is 0.319 e. The summed E-state index contributed by atoms with van der Waals surface area (Å²) in [6.07, 6.45) is 5.48. The molecule has 102 valence electrons. The van der Waals surface area contributed by atoms with E-state index in [9.17, 15) is 8.42 Å². The number of sulfone groups is 1. The molecule has 0 spiro atoms. The van der Waals surface area contributed by atoms with Crippen molar-refractivity contribution in [2.45, 2.75) is 46.0 Å². The number of rotatable bonds is 7. The Kier molecular flexibility index (Phi) is 5.45. The highest BCUT2D eigenvalue weighted by Gasteiger charge is 2.42. The van der Waals surface area contributed by atoms with E-state index in [4.69, 9.17) is 0 Å². The van der Waals surface area contributed by atoms with Gasteiger partial charge >= 0.3 is 0 Å². The van der Waals surface area contributed by atoms with Crippen molar-refractivity contribution in [2.75, 3.05) is 25.1 Å². The van der Waals surface area contributed by atoms with Gasteiger partial charge in [0, 0.05) is 6.54 Å². The Balaban J connectivity index is 2.81. The molecule has 2 atom stereocenters. The van der Waals surface area contributed by atoms with Gasteiger partial charge in [0.1, 0.15) is 0 Å². The molecule has 2 unspecified atom stereocenters. The molecule has 0 amide bonds. The van der Waals surface area contributed by atoms with Crippen LogP contribution in [-0.4, -0.2) is 33.5 Å². The third-order valence-corrected chi connectivity index (χ3v) is 6.13. The molecule has 1 fully saturated rings. The van der Waals surface area contributed by atoms with Crippen molar-refractivity contribution in [1.82, 2.24) is 5.32 Å². The van der Waals surface area contributed by atoms with Crippen LogP contribution < -0.4 is 5.32 Å². The van der Waals surface area contributed by atoms with E-state index < -0.39 is 9.84 Å². The molecule has 0 bridgehead atoms. The Hall–Kier alpha value is -0.0900. The summed E-state index contributed by atoms with van der Waals surface area (Å²) in [5, 5.41) is 3.28. The maximum Gasteiger partial charge on any atom is 0.150 e. The molecule has 0 radical (unpaired) electrons. The first-order valence-electron chi connectivity index (χ1n) is 6.84. The molecule has 4 heteroatoms. The average Bonchev–Trinajstić information content (AvgIpc) is 2.65. The molecule has 0 saturated carbocycles. The molecule has 0 aromatic heterocycles. The van der Waals surface area contributed by atoms with Crippen LogP contribution in [0.25, 0.3) is 0 Å². The minimum absolute atomic E-state index is 0.189. The van der Waals surface area contributed by atoms with Crippen LogP contribution in [-0.2, 0) is 9.84 Å². The molecule has 1 heterocycles. The molecular weight excluding hydrogens is 234 g/mol. The topological polar surface area (TPSA) is 46.2 Å². The van der Waals surface area contributed by atoms with Crippen molar-refractivity contribution in [3.8, 4) is 0 Å². The van der Waals surface area contributed by atoms with E-state index in [1.165, 1.54) is 12.8 Å². The number of hydrogen-bond donors (Lipinski definition) is 1. The van der Waals surface area contributed by atoms with Gasteiger partial charge in [0.2, 0.25) is 0 Å². The molecule has 17 heavy (non-hydrogen) atoms. The zero-order chi connectivity index (χ0) is 12.9. The van der Waals surface area contributed by atoms with Crippen LogP contribution in [0.5, 0.6) is 0 Å². The molecule has 1 saturated heterocycles. The summed E-state index contributed by atoms with van der Waals surface area (Å²) in [4.78, 5) is 0. The molecule has 0 aromatic carbocycles. The van der Waals surface area contributed by atoms with Gasteiger partial charge in [-0.25, -0.2) is 8.42 Å². The monoisotopic (exact) mass is 261 g/mol. The van der Waals surface area contributed by atoms with E-state index in [0.717, 1.165) is 25.8 Å². The lowest BCUT2D eigenvalue weighted by Crippen LogP contribution is -2.39. The standard InChI is InChI=1S/C13H27NO2S/c1-4-6-8-13(5-2,11-14-3)12-7-9-17(15,16)10-12/h12,14H,4-11H2,1-3H3. The Morgan fingerprint density at radius 1 is 1.35 bits per heavy atom. The van der Waals surface area contributed by atoms with E-state index in [2.05, 4.69) is 19.2 Å². The smallest absolute Gasteiger partial charge is 0.150 e. The fourth-order valence-corrected chi connectivity index (χ4v) is 5.13. The Morgan fingerprint density at radius 2 is 2.06 bits per heavy atom. The summed E-state index contributed by atoms with van der Waals surface area (Å²) < 4.78 is 23.3. The molecular formula is C13H27NO2S. The number of unbranched alkanes of at least 4 members (excludes halogenated alkanes) is 1. The maximum absolute atomic E-state index is 11.7. The van der Waals surface area contributed by atoms with Crippen LogP contribution in [0.1, 0.15) is 46.0 Å². The lowest BCUT2D eigenvalue weighted by molar-refractivity contribution is 0.147. The lowest BCUT2D eigenvalue weighted by Gasteiger charge is -2.38. The van der Waals surface area contributed by atoms with Crippen LogP contribution in [0, 0.1) is 11.3 Å². The van der Waals surface area contributed by atoms with Crippen LogP contribution in [0.2, 0.25) is 0 Å². The minimum atomic E-state index is -2.76. The van der Waals surface area contributed by atoms with Crippen LogP contribution in [0.15, 0.2) is 0 Å². The summed E-state index contributed by atoms with van der Waals surface area (Å²) in [5.74, 6) is 1.16. The SMILES string of the molecule is CCCCC(CC)(CNC)C1CCS(=O)(=O)C1. The molecule has 1 aliphatic rings. The third kappa shape index (κ3) is 3.68. The number of hydrogen-bond acceptors (Lipinski definition) is 3. The van der Waals surface area contributed by atoms with E-state index in [1.807, 2.05) is 7.05 Å². The third-order valence-electron chi connectivity index (χ3n) is 4.36. The van der Waals surface area contributed by atoms with Crippen molar-refractivity contribution in [1.29, 1.82) is 0 Å². The Bertz CT molecular complexity index is 326. The van der Waals surface area contributed by atoms with Gasteiger partial charge in [0.05, 0.1) is 11.5 Å². The second-order valence-electron chi connectivity index (χ2n) is 5.45. The van der Waals surface area contributed by atoms with Crippen LogP contribution in [0.4, 0.5) is 0 Å². The Labute approximate surface area is 106 Å². The summed E-state index contributed by atoms with van der Waals surface area (Å²) in [6, 6.07) is 0. The van der Waals surface area contributed by atoms with Gasteiger partial charge in [-0.2, -0.15) is 0 Å². The predicted octanol–water partition coefficient (Wildman–Crippen LogP) is 2.23. The average molecular weight is 261 g/mol. The summed E-state index contributed by atoms with van der Waals surface area (Å²) in [6.45, 7) is 5.35. The van der Waals surface area contributed by atoms with Crippen molar-refractivity contribution >= 4 is 9.84 Å². The zero-order valence-corrected chi connectivity index (χ0v) is 12.3. The van der Waals surface area contributed by atoms with Crippen molar-refractivity contribution in [2.24, 2.45) is 11.3 Å². The molecule has 3 nitrogen and oxygen atoms in total. The highest BCUT2D eigenvalue weighted by Crippen LogP contribution is 2.42. The normalized spacial score (nSPS) is 26.9. The molecule has 1 N–H and O–H groups in total. The van der Waals surface area contributed by atoms with Crippen molar-refractivity contribution < 1.29 is 8.42 Å². The van der Waals surface area contributed by atoms with E-state index >= 15 is 0 Å². The van der Waals surface area contributed by atoms with E-state index in [-0.39, 0.29) is 5.41 Å². The quantitative estimate of drug-likeness (QED) is 0.764. The van der Waals surface area contributed by atoms with Crippen molar-refractivity contribution in [3.63, 3.8) is 0 Å². The van der Waals surface area contributed by atoms with Gasteiger partial charge in [0.25, 0.3) is 0 Å². The maximum atomic E-state index is 11.7. The minimum Gasteiger partial charge on any atom is -0.319 e. The first-order chi connectivity index (χ1) is 7.99. The lowest BCUT2D eigenvalue weighted by atomic mass is 9.69. The molecule has 0 aliphatic carbocycles. The van der Waals surface area contributed by atoms with E-state index in [1.54, 1.807) is 0 Å². The van der Waals surface area contributed by atoms with Crippen LogP contribution in [0.3, 0.4) is 0 Å². The van der Waals surface area contributed by atoms with Gasteiger partial charge in [-0.1, -0.05) is 26.7 Å². The molecule has 1 aliphatic heterocycles. The molecule has 1 rings (SSSR count). The zero-order valence-electron chi connectivity index (χ0n) is 11.5. The van der Waals surface area contributed by atoms with Gasteiger partial charge < -0.3 is 5.32 Å².